The average molecular weight is 372 g/mol. The number of halogens is 1. The van der Waals surface area contributed by atoms with Crippen molar-refractivity contribution in [3.8, 4) is 5.75 Å². The average Bonchev–Trinajstić information content (AvgIpc) is 2.63. The SMILES string of the molecule is COc1ccccc1N1C(=O)NC(=O)[C@@H](C=Nc2ccc(Cl)cc2)C1=O. The molecule has 4 amide bonds. The number of ether oxygens (including phenoxy) is 1. The van der Waals surface area contributed by atoms with E-state index in [1.54, 1.807) is 48.5 Å². The van der Waals surface area contributed by atoms with Gasteiger partial charge in [0.05, 0.1) is 18.5 Å². The topological polar surface area (TPSA) is 88.1 Å². The Morgan fingerprint density at radius 3 is 2.50 bits per heavy atom. The number of carbonyl (C=O) groups excluding carboxylic acids is 3. The zero-order valence-corrected chi connectivity index (χ0v) is 14.4. The number of carbonyl (C=O) groups is 3. The van der Waals surface area contributed by atoms with Gasteiger partial charge in [-0.3, -0.25) is 19.9 Å². The van der Waals surface area contributed by atoms with E-state index in [0.29, 0.717) is 16.5 Å². The van der Waals surface area contributed by atoms with Crippen molar-refractivity contribution >= 4 is 47.0 Å². The summed E-state index contributed by atoms with van der Waals surface area (Å²) in [5, 5.41) is 2.71. The lowest BCUT2D eigenvalue weighted by molar-refractivity contribution is -0.131. The number of barbiturate groups is 1. The highest BCUT2D eigenvalue weighted by atomic mass is 35.5. The van der Waals surface area contributed by atoms with Crippen molar-refractivity contribution in [3.05, 3.63) is 53.6 Å². The molecule has 1 fully saturated rings. The Bertz CT molecular complexity index is 896. The number of anilines is 1. The molecule has 1 N–H and O–H groups in total. The largest absolute Gasteiger partial charge is 0.495 e. The molecule has 1 saturated heterocycles. The molecule has 1 aliphatic rings. The molecule has 0 aliphatic carbocycles. The molecule has 1 heterocycles. The minimum Gasteiger partial charge on any atom is -0.495 e. The summed E-state index contributed by atoms with van der Waals surface area (Å²) >= 11 is 5.81. The highest BCUT2D eigenvalue weighted by Gasteiger charge is 2.41. The number of rotatable bonds is 4. The van der Waals surface area contributed by atoms with Crippen LogP contribution in [0.15, 0.2) is 53.5 Å². The molecule has 1 atom stereocenters. The van der Waals surface area contributed by atoms with Crippen LogP contribution in [0.3, 0.4) is 0 Å². The Balaban J connectivity index is 1.91. The summed E-state index contributed by atoms with van der Waals surface area (Å²) in [6.45, 7) is 0. The molecule has 0 unspecified atom stereocenters. The molecule has 0 spiro atoms. The molecular weight excluding hydrogens is 358 g/mol. The maximum Gasteiger partial charge on any atom is 0.335 e. The first-order valence-electron chi connectivity index (χ1n) is 7.63. The molecule has 26 heavy (non-hydrogen) atoms. The van der Waals surface area contributed by atoms with Crippen molar-refractivity contribution < 1.29 is 19.1 Å². The Morgan fingerprint density at radius 1 is 1.12 bits per heavy atom. The molecule has 2 aromatic rings. The third kappa shape index (κ3) is 3.43. The minimum absolute atomic E-state index is 0.245. The maximum atomic E-state index is 12.8. The van der Waals surface area contributed by atoms with Crippen molar-refractivity contribution in [3.63, 3.8) is 0 Å². The molecule has 132 valence electrons. The number of urea groups is 1. The van der Waals surface area contributed by atoms with Crippen LogP contribution in [0.4, 0.5) is 16.2 Å². The van der Waals surface area contributed by atoms with Gasteiger partial charge in [-0.2, -0.15) is 0 Å². The zero-order valence-electron chi connectivity index (χ0n) is 13.7. The van der Waals surface area contributed by atoms with Crippen molar-refractivity contribution in [2.75, 3.05) is 12.0 Å². The van der Waals surface area contributed by atoms with Gasteiger partial charge in [-0.1, -0.05) is 23.7 Å². The molecule has 0 saturated carbocycles. The van der Waals surface area contributed by atoms with Crippen LogP contribution in [-0.4, -0.2) is 31.2 Å². The van der Waals surface area contributed by atoms with Gasteiger partial charge in [0, 0.05) is 11.2 Å². The molecule has 2 aromatic carbocycles. The molecule has 0 radical (unpaired) electrons. The van der Waals surface area contributed by atoms with Gasteiger partial charge in [0.2, 0.25) is 5.91 Å². The van der Waals surface area contributed by atoms with E-state index in [1.807, 2.05) is 0 Å². The number of aliphatic imine (C=N–C) groups is 1. The number of imide groups is 2. The van der Waals surface area contributed by atoms with E-state index in [0.717, 1.165) is 4.90 Å². The summed E-state index contributed by atoms with van der Waals surface area (Å²) in [7, 11) is 1.43. The van der Waals surface area contributed by atoms with Crippen molar-refractivity contribution in [2.45, 2.75) is 0 Å². The van der Waals surface area contributed by atoms with Gasteiger partial charge in [-0.05, 0) is 36.4 Å². The van der Waals surface area contributed by atoms with Crippen LogP contribution in [-0.2, 0) is 9.59 Å². The summed E-state index contributed by atoms with van der Waals surface area (Å²) in [5.74, 6) is -2.35. The number of para-hydroxylation sites is 2. The van der Waals surface area contributed by atoms with Gasteiger partial charge >= 0.3 is 6.03 Å². The van der Waals surface area contributed by atoms with E-state index in [4.69, 9.17) is 16.3 Å². The lowest BCUT2D eigenvalue weighted by atomic mass is 10.1. The van der Waals surface area contributed by atoms with E-state index in [-0.39, 0.29) is 5.69 Å². The number of benzene rings is 2. The Labute approximate surface area is 154 Å². The first-order valence-corrected chi connectivity index (χ1v) is 8.00. The standard InChI is InChI=1S/C18H14ClN3O4/c1-26-15-5-3-2-4-14(15)22-17(24)13(16(23)21-18(22)25)10-20-12-8-6-11(19)7-9-12/h2-10,13H,1H3,(H,21,23,25)/t13-/m1/s1. The second-order valence-corrected chi connectivity index (χ2v) is 5.81. The van der Waals surface area contributed by atoms with Crippen LogP contribution >= 0.6 is 11.6 Å². The first-order chi connectivity index (χ1) is 12.5. The molecule has 7 nitrogen and oxygen atoms in total. The third-order valence-corrected chi connectivity index (χ3v) is 3.98. The van der Waals surface area contributed by atoms with E-state index < -0.39 is 23.8 Å². The predicted octanol–water partition coefficient (Wildman–Crippen LogP) is 2.95. The van der Waals surface area contributed by atoms with Gasteiger partial charge in [0.15, 0.2) is 5.92 Å². The number of amides is 4. The highest BCUT2D eigenvalue weighted by molar-refractivity contribution is 6.33. The summed E-state index contributed by atoms with van der Waals surface area (Å²) in [4.78, 5) is 42.1. The van der Waals surface area contributed by atoms with Crippen LogP contribution in [0.2, 0.25) is 5.02 Å². The monoisotopic (exact) mass is 371 g/mol. The smallest absolute Gasteiger partial charge is 0.335 e. The lowest BCUT2D eigenvalue weighted by Gasteiger charge is -2.29. The van der Waals surface area contributed by atoms with Gasteiger partial charge in [0.1, 0.15) is 5.75 Å². The maximum absolute atomic E-state index is 12.8. The van der Waals surface area contributed by atoms with Gasteiger partial charge in [0.25, 0.3) is 5.91 Å². The molecule has 8 heteroatoms. The Hall–Kier alpha value is -3.19. The second-order valence-electron chi connectivity index (χ2n) is 5.37. The molecule has 3 rings (SSSR count). The lowest BCUT2D eigenvalue weighted by Crippen LogP contribution is -2.58. The minimum atomic E-state index is -1.24. The van der Waals surface area contributed by atoms with Gasteiger partial charge in [-0.25, -0.2) is 9.69 Å². The summed E-state index contributed by atoms with van der Waals surface area (Å²) in [6, 6.07) is 12.3. The van der Waals surface area contributed by atoms with Crippen molar-refractivity contribution in [1.29, 1.82) is 0 Å². The molecule has 0 aromatic heterocycles. The van der Waals surface area contributed by atoms with Crippen molar-refractivity contribution in [1.82, 2.24) is 5.32 Å². The Morgan fingerprint density at radius 2 is 1.81 bits per heavy atom. The number of methoxy groups -OCH3 is 1. The molecular formula is C18H14ClN3O4. The van der Waals surface area contributed by atoms with E-state index in [2.05, 4.69) is 10.3 Å². The zero-order chi connectivity index (χ0) is 18.7. The number of hydrogen-bond acceptors (Lipinski definition) is 5. The van der Waals surface area contributed by atoms with E-state index in [9.17, 15) is 14.4 Å². The number of nitrogens with one attached hydrogen (secondary N) is 1. The predicted molar refractivity (Wildman–Crippen MR) is 97.1 cm³/mol. The van der Waals surface area contributed by atoms with E-state index >= 15 is 0 Å². The summed E-state index contributed by atoms with van der Waals surface area (Å²) in [5.41, 5.74) is 0.769. The van der Waals surface area contributed by atoms with Crippen LogP contribution < -0.4 is 15.0 Å². The fourth-order valence-corrected chi connectivity index (χ4v) is 2.58. The number of hydrogen-bond donors (Lipinski definition) is 1. The van der Waals surface area contributed by atoms with Crippen LogP contribution in [0.25, 0.3) is 0 Å². The van der Waals surface area contributed by atoms with Crippen molar-refractivity contribution in [2.24, 2.45) is 10.9 Å². The fraction of sp³-hybridized carbons (Fsp3) is 0.111. The molecule has 1 aliphatic heterocycles. The van der Waals surface area contributed by atoms with Crippen LogP contribution in [0, 0.1) is 5.92 Å². The van der Waals surface area contributed by atoms with Crippen LogP contribution in [0.1, 0.15) is 0 Å². The molecule has 0 bridgehead atoms. The summed E-state index contributed by atoms with van der Waals surface area (Å²) in [6.07, 6.45) is 1.20. The highest BCUT2D eigenvalue weighted by Crippen LogP contribution is 2.30. The third-order valence-electron chi connectivity index (χ3n) is 3.73. The quantitative estimate of drug-likeness (QED) is 0.661. The second kappa shape index (κ2) is 7.37. The summed E-state index contributed by atoms with van der Waals surface area (Å²) < 4.78 is 5.19. The van der Waals surface area contributed by atoms with E-state index in [1.165, 1.54) is 13.3 Å². The van der Waals surface area contributed by atoms with Gasteiger partial charge in [-0.15, -0.1) is 0 Å². The van der Waals surface area contributed by atoms with Crippen LogP contribution in [0.5, 0.6) is 5.75 Å². The normalized spacial score (nSPS) is 17.5. The Kier molecular flexibility index (Phi) is 4.99. The first kappa shape index (κ1) is 17.6. The number of nitrogens with zero attached hydrogens (tertiary/aromatic N) is 2. The van der Waals surface area contributed by atoms with Gasteiger partial charge < -0.3 is 4.74 Å². The fourth-order valence-electron chi connectivity index (χ4n) is 2.45.